The third-order valence-electron chi connectivity index (χ3n) is 2.48. The number of aryl methyl sites for hydroxylation is 1. The summed E-state index contributed by atoms with van der Waals surface area (Å²) in [6.45, 7) is 1.86. The third-order valence-corrected chi connectivity index (χ3v) is 2.89. The van der Waals surface area contributed by atoms with Crippen LogP contribution in [0.1, 0.15) is 16.1 Å². The lowest BCUT2D eigenvalue weighted by atomic mass is 10.2. The van der Waals surface area contributed by atoms with Gasteiger partial charge in [-0.3, -0.25) is 9.59 Å². The summed E-state index contributed by atoms with van der Waals surface area (Å²) in [5, 5.41) is 3.05. The smallest absolute Gasteiger partial charge is 0.298 e. The van der Waals surface area contributed by atoms with E-state index in [1.54, 1.807) is 36.5 Å². The molecule has 2 rings (SSSR count). The van der Waals surface area contributed by atoms with Gasteiger partial charge < -0.3 is 10.3 Å². The molecule has 0 fully saturated rings. The van der Waals surface area contributed by atoms with Gasteiger partial charge in [-0.25, -0.2) is 0 Å². The van der Waals surface area contributed by atoms with E-state index in [0.29, 0.717) is 10.7 Å². The van der Waals surface area contributed by atoms with Gasteiger partial charge in [-0.05, 0) is 36.8 Å². The summed E-state index contributed by atoms with van der Waals surface area (Å²) in [5.41, 5.74) is 1.66. The molecule has 0 radical (unpaired) electrons. The summed E-state index contributed by atoms with van der Waals surface area (Å²) in [7, 11) is 0. The summed E-state index contributed by atoms with van der Waals surface area (Å²) in [6.07, 6.45) is 1.59. The van der Waals surface area contributed by atoms with E-state index in [2.05, 4.69) is 10.3 Å². The maximum absolute atomic E-state index is 11.7. The summed E-state index contributed by atoms with van der Waals surface area (Å²) < 4.78 is 0. The molecular formula is C13H11ClN2O2. The van der Waals surface area contributed by atoms with Crippen LogP contribution in [0.4, 0.5) is 5.69 Å². The first-order valence-corrected chi connectivity index (χ1v) is 5.71. The van der Waals surface area contributed by atoms with Gasteiger partial charge >= 0.3 is 0 Å². The minimum absolute atomic E-state index is 0.255. The number of nitrogens with one attached hydrogen (secondary N) is 2. The topological polar surface area (TPSA) is 62.0 Å². The van der Waals surface area contributed by atoms with Gasteiger partial charge in [0.1, 0.15) is 0 Å². The number of hydrogen-bond donors (Lipinski definition) is 2. The van der Waals surface area contributed by atoms with E-state index in [1.807, 2.05) is 6.92 Å². The molecule has 4 nitrogen and oxygen atoms in total. The number of carbonyl (C=O) groups is 2. The number of carbonyl (C=O) groups excluding carboxylic acids is 2. The van der Waals surface area contributed by atoms with Crippen LogP contribution in [0.2, 0.25) is 5.02 Å². The molecule has 1 aromatic heterocycles. The monoisotopic (exact) mass is 262 g/mol. The van der Waals surface area contributed by atoms with Crippen molar-refractivity contribution in [3.8, 4) is 0 Å². The van der Waals surface area contributed by atoms with Crippen molar-refractivity contribution in [1.82, 2.24) is 4.98 Å². The minimum atomic E-state index is -0.697. The average Bonchev–Trinajstić information content (AvgIpc) is 2.86. The predicted octanol–water partition coefficient (Wildman–Crippen LogP) is 2.80. The van der Waals surface area contributed by atoms with Crippen LogP contribution in [0.15, 0.2) is 36.5 Å². The summed E-state index contributed by atoms with van der Waals surface area (Å²) in [5.74, 6) is -1.31. The molecule has 1 heterocycles. The fraction of sp³-hybridized carbons (Fsp3) is 0.0769. The third kappa shape index (κ3) is 2.60. The Morgan fingerprint density at radius 3 is 2.67 bits per heavy atom. The predicted molar refractivity (Wildman–Crippen MR) is 69.9 cm³/mol. The highest BCUT2D eigenvalue weighted by molar-refractivity contribution is 6.46. The van der Waals surface area contributed by atoms with Crippen LogP contribution in [0.5, 0.6) is 0 Å². The zero-order valence-electron chi connectivity index (χ0n) is 9.66. The van der Waals surface area contributed by atoms with E-state index < -0.39 is 11.7 Å². The van der Waals surface area contributed by atoms with E-state index in [9.17, 15) is 9.59 Å². The second-order valence-electron chi connectivity index (χ2n) is 3.83. The number of H-pyrrole nitrogens is 1. The summed E-state index contributed by atoms with van der Waals surface area (Å²) >= 11 is 5.93. The molecule has 18 heavy (non-hydrogen) atoms. The Hall–Kier alpha value is -2.07. The number of ketones is 1. The molecule has 0 bridgehead atoms. The van der Waals surface area contributed by atoms with Crippen molar-refractivity contribution in [2.24, 2.45) is 0 Å². The molecule has 2 N–H and O–H groups in total. The zero-order chi connectivity index (χ0) is 13.1. The normalized spacial score (nSPS) is 10.1. The molecule has 0 saturated heterocycles. The molecule has 2 aromatic rings. The van der Waals surface area contributed by atoms with E-state index >= 15 is 0 Å². The van der Waals surface area contributed by atoms with E-state index in [-0.39, 0.29) is 5.69 Å². The Morgan fingerprint density at radius 2 is 2.06 bits per heavy atom. The first-order chi connectivity index (χ1) is 8.58. The average molecular weight is 263 g/mol. The number of hydrogen-bond acceptors (Lipinski definition) is 2. The SMILES string of the molecule is Cc1ccc(NC(=O)C(=O)c2ccc[nH]2)cc1Cl. The molecule has 0 saturated carbocycles. The molecule has 0 aliphatic carbocycles. The van der Waals surface area contributed by atoms with Crippen molar-refractivity contribution in [2.75, 3.05) is 5.32 Å². The molecule has 5 heteroatoms. The van der Waals surface area contributed by atoms with Gasteiger partial charge in [0.05, 0.1) is 5.69 Å². The molecular weight excluding hydrogens is 252 g/mol. The van der Waals surface area contributed by atoms with Crippen LogP contribution in [0.3, 0.4) is 0 Å². The fourth-order valence-electron chi connectivity index (χ4n) is 1.45. The number of rotatable bonds is 3. The van der Waals surface area contributed by atoms with Crippen molar-refractivity contribution in [2.45, 2.75) is 6.92 Å². The highest BCUT2D eigenvalue weighted by Crippen LogP contribution is 2.20. The van der Waals surface area contributed by atoms with Crippen LogP contribution in [0, 0.1) is 6.92 Å². The molecule has 0 spiro atoms. The summed E-state index contributed by atoms with van der Waals surface area (Å²) in [6, 6.07) is 8.28. The Bertz CT molecular complexity index is 591. The van der Waals surface area contributed by atoms with E-state index in [4.69, 9.17) is 11.6 Å². The Kier molecular flexibility index (Phi) is 3.48. The van der Waals surface area contributed by atoms with E-state index in [0.717, 1.165) is 5.56 Å². The van der Waals surface area contributed by atoms with Crippen molar-refractivity contribution < 1.29 is 9.59 Å². The first kappa shape index (κ1) is 12.4. The first-order valence-electron chi connectivity index (χ1n) is 5.33. The van der Waals surface area contributed by atoms with Gasteiger partial charge in [-0.1, -0.05) is 17.7 Å². The number of amides is 1. The van der Waals surface area contributed by atoms with Crippen LogP contribution in [-0.2, 0) is 4.79 Å². The second kappa shape index (κ2) is 5.06. The van der Waals surface area contributed by atoms with E-state index in [1.165, 1.54) is 0 Å². The van der Waals surface area contributed by atoms with Crippen molar-refractivity contribution in [3.63, 3.8) is 0 Å². The van der Waals surface area contributed by atoms with Crippen molar-refractivity contribution in [1.29, 1.82) is 0 Å². The van der Waals surface area contributed by atoms with Crippen LogP contribution >= 0.6 is 11.6 Å². The van der Waals surface area contributed by atoms with Gasteiger partial charge in [0.2, 0.25) is 0 Å². The van der Waals surface area contributed by atoms with Gasteiger partial charge in [0.15, 0.2) is 0 Å². The molecule has 0 aliphatic heterocycles. The number of aromatic amines is 1. The number of benzene rings is 1. The van der Waals surface area contributed by atoms with Crippen molar-refractivity contribution in [3.05, 3.63) is 52.8 Å². The number of Topliss-reactive ketones (excluding diaryl/α,β-unsaturated/α-hetero) is 1. The van der Waals surface area contributed by atoms with Crippen LogP contribution in [0.25, 0.3) is 0 Å². The Labute approximate surface area is 109 Å². The van der Waals surface area contributed by atoms with Crippen LogP contribution < -0.4 is 5.32 Å². The lowest BCUT2D eigenvalue weighted by molar-refractivity contribution is -0.112. The number of anilines is 1. The second-order valence-corrected chi connectivity index (χ2v) is 4.24. The maximum atomic E-state index is 11.7. The molecule has 92 valence electrons. The van der Waals surface area contributed by atoms with Crippen molar-refractivity contribution >= 4 is 29.0 Å². The maximum Gasteiger partial charge on any atom is 0.298 e. The van der Waals surface area contributed by atoms with Gasteiger partial charge in [-0.2, -0.15) is 0 Å². The Balaban J connectivity index is 2.12. The number of aromatic nitrogens is 1. The lowest BCUT2D eigenvalue weighted by Gasteiger charge is -2.05. The highest BCUT2D eigenvalue weighted by Gasteiger charge is 2.17. The minimum Gasteiger partial charge on any atom is -0.358 e. The highest BCUT2D eigenvalue weighted by atomic mass is 35.5. The quantitative estimate of drug-likeness (QED) is 0.660. The fourth-order valence-corrected chi connectivity index (χ4v) is 1.63. The molecule has 0 unspecified atom stereocenters. The van der Waals surface area contributed by atoms with Gasteiger partial charge in [-0.15, -0.1) is 0 Å². The molecule has 0 atom stereocenters. The van der Waals surface area contributed by atoms with Gasteiger partial charge in [0.25, 0.3) is 11.7 Å². The number of halogens is 1. The van der Waals surface area contributed by atoms with Crippen LogP contribution in [-0.4, -0.2) is 16.7 Å². The largest absolute Gasteiger partial charge is 0.358 e. The zero-order valence-corrected chi connectivity index (χ0v) is 10.4. The molecule has 1 amide bonds. The molecule has 1 aromatic carbocycles. The standard InChI is InChI=1S/C13H11ClN2O2/c1-8-4-5-9(7-10(8)14)16-13(18)12(17)11-3-2-6-15-11/h2-7,15H,1H3,(H,16,18). The lowest BCUT2D eigenvalue weighted by Crippen LogP contribution is -2.23. The molecule has 0 aliphatic rings. The Morgan fingerprint density at radius 1 is 1.28 bits per heavy atom. The van der Waals surface area contributed by atoms with Gasteiger partial charge in [0, 0.05) is 16.9 Å². The summed E-state index contributed by atoms with van der Waals surface area (Å²) in [4.78, 5) is 26.1.